The second-order valence-corrected chi connectivity index (χ2v) is 9.62. The van der Waals surface area contributed by atoms with Gasteiger partial charge in [0.1, 0.15) is 10.7 Å². The summed E-state index contributed by atoms with van der Waals surface area (Å²) in [6, 6.07) is 9.35. The largest absolute Gasteiger partial charge is 0.339 e. The molecular weight excluding hydrogens is 393 g/mol. The summed E-state index contributed by atoms with van der Waals surface area (Å²) < 4.78 is 40.4. The van der Waals surface area contributed by atoms with Gasteiger partial charge in [0.2, 0.25) is 15.9 Å². The van der Waals surface area contributed by atoms with Crippen LogP contribution in [0, 0.1) is 5.82 Å². The molecule has 2 heterocycles. The van der Waals surface area contributed by atoms with E-state index in [1.54, 1.807) is 23.1 Å². The van der Waals surface area contributed by atoms with E-state index in [-0.39, 0.29) is 29.7 Å². The van der Waals surface area contributed by atoms with Crippen LogP contribution in [-0.4, -0.2) is 54.7 Å². The minimum atomic E-state index is -3.61. The van der Waals surface area contributed by atoms with Gasteiger partial charge in [-0.2, -0.15) is 4.31 Å². The maximum Gasteiger partial charge on any atom is 0.244 e. The lowest BCUT2D eigenvalue weighted by Gasteiger charge is -2.39. The van der Waals surface area contributed by atoms with Gasteiger partial charge in [-0.25, -0.2) is 12.8 Å². The second-order valence-electron chi connectivity index (χ2n) is 7.68. The van der Waals surface area contributed by atoms with Crippen molar-refractivity contribution in [2.24, 2.45) is 0 Å². The molecule has 0 radical (unpaired) electrons. The van der Waals surface area contributed by atoms with E-state index in [2.05, 4.69) is 4.98 Å². The van der Waals surface area contributed by atoms with Gasteiger partial charge in [-0.1, -0.05) is 25.0 Å². The summed E-state index contributed by atoms with van der Waals surface area (Å²) in [5.74, 6) is -0.288. The van der Waals surface area contributed by atoms with Gasteiger partial charge in [-0.05, 0) is 42.7 Å². The van der Waals surface area contributed by atoms with E-state index in [1.807, 2.05) is 0 Å². The summed E-state index contributed by atoms with van der Waals surface area (Å²) in [6.07, 6.45) is 6.27. The Labute approximate surface area is 170 Å². The number of halogens is 1. The highest BCUT2D eigenvalue weighted by molar-refractivity contribution is 7.89. The maximum absolute atomic E-state index is 13.5. The molecule has 6 nitrogen and oxygen atoms in total. The fourth-order valence-corrected chi connectivity index (χ4v) is 5.84. The van der Waals surface area contributed by atoms with E-state index in [1.165, 1.54) is 34.9 Å². The van der Waals surface area contributed by atoms with Gasteiger partial charge in [0.05, 0.1) is 5.41 Å². The molecule has 0 bridgehead atoms. The first-order valence-corrected chi connectivity index (χ1v) is 11.3. The molecule has 8 heteroatoms. The molecule has 1 saturated carbocycles. The van der Waals surface area contributed by atoms with Crippen LogP contribution in [0.5, 0.6) is 0 Å². The number of sulfonamides is 1. The minimum Gasteiger partial charge on any atom is -0.339 e. The number of amides is 1. The molecule has 0 N–H and O–H groups in total. The summed E-state index contributed by atoms with van der Waals surface area (Å²) >= 11 is 0. The predicted molar refractivity (Wildman–Crippen MR) is 106 cm³/mol. The molecule has 0 atom stereocenters. The summed E-state index contributed by atoms with van der Waals surface area (Å²) in [5.41, 5.74) is 0.227. The van der Waals surface area contributed by atoms with E-state index < -0.39 is 15.4 Å². The standard InChI is InChI=1S/C21H24FN3O3S/c22-18-7-5-17(6-8-18)21(9-1-2-10-21)20(26)24-12-14-25(15-13-24)29(27,28)19-4-3-11-23-16-19/h3-8,11,16H,1-2,9-10,12-15H2. The number of carbonyl (C=O) groups is 1. The van der Waals surface area contributed by atoms with Crippen LogP contribution in [0.3, 0.4) is 0 Å². The Kier molecular flexibility index (Phi) is 5.40. The van der Waals surface area contributed by atoms with Crippen molar-refractivity contribution < 1.29 is 17.6 Å². The highest BCUT2D eigenvalue weighted by atomic mass is 32.2. The predicted octanol–water partition coefficient (Wildman–Crippen LogP) is 2.57. The van der Waals surface area contributed by atoms with Crippen molar-refractivity contribution >= 4 is 15.9 Å². The molecule has 4 rings (SSSR count). The fraction of sp³-hybridized carbons (Fsp3) is 0.429. The SMILES string of the molecule is O=C(N1CCN(S(=O)(=O)c2cccnc2)CC1)C1(c2ccc(F)cc2)CCCC1. The van der Waals surface area contributed by atoms with Crippen molar-refractivity contribution in [1.29, 1.82) is 0 Å². The maximum atomic E-state index is 13.5. The molecule has 0 spiro atoms. The van der Waals surface area contributed by atoms with Crippen LogP contribution < -0.4 is 0 Å². The first kappa shape index (κ1) is 20.0. The zero-order chi connectivity index (χ0) is 20.5. The normalized spacial score (nSPS) is 20.0. The van der Waals surface area contributed by atoms with Gasteiger partial charge in [0, 0.05) is 38.6 Å². The van der Waals surface area contributed by atoms with Crippen molar-refractivity contribution in [2.45, 2.75) is 36.0 Å². The van der Waals surface area contributed by atoms with Crippen LogP contribution in [0.2, 0.25) is 0 Å². The molecule has 1 saturated heterocycles. The van der Waals surface area contributed by atoms with Gasteiger partial charge in [-0.3, -0.25) is 9.78 Å². The van der Waals surface area contributed by atoms with E-state index in [4.69, 9.17) is 0 Å². The number of carbonyl (C=O) groups excluding carboxylic acids is 1. The van der Waals surface area contributed by atoms with Crippen LogP contribution in [0.1, 0.15) is 31.2 Å². The number of hydrogen-bond donors (Lipinski definition) is 0. The average molecular weight is 418 g/mol. The van der Waals surface area contributed by atoms with E-state index in [9.17, 15) is 17.6 Å². The van der Waals surface area contributed by atoms with E-state index in [0.717, 1.165) is 31.2 Å². The summed E-state index contributed by atoms with van der Waals surface area (Å²) in [6.45, 7) is 1.20. The summed E-state index contributed by atoms with van der Waals surface area (Å²) in [4.78, 5) is 19.3. The summed E-state index contributed by atoms with van der Waals surface area (Å²) in [5, 5.41) is 0. The average Bonchev–Trinajstić information content (AvgIpc) is 3.25. The molecule has 154 valence electrons. The number of hydrogen-bond acceptors (Lipinski definition) is 4. The molecule has 2 aliphatic rings. The molecule has 2 aromatic rings. The quantitative estimate of drug-likeness (QED) is 0.767. The van der Waals surface area contributed by atoms with Crippen LogP contribution in [0.25, 0.3) is 0 Å². The second kappa shape index (κ2) is 7.84. The minimum absolute atomic E-state index is 0.0278. The third-order valence-electron chi connectivity index (χ3n) is 6.06. The van der Waals surface area contributed by atoms with Gasteiger partial charge in [0.15, 0.2) is 0 Å². The van der Waals surface area contributed by atoms with Gasteiger partial charge >= 0.3 is 0 Å². The fourth-order valence-electron chi connectivity index (χ4n) is 4.46. The molecule has 1 aliphatic carbocycles. The van der Waals surface area contributed by atoms with Crippen LogP contribution in [0.15, 0.2) is 53.7 Å². The third kappa shape index (κ3) is 3.67. The Hall–Kier alpha value is -2.32. The number of nitrogens with zero attached hydrogens (tertiary/aromatic N) is 3. The monoisotopic (exact) mass is 417 g/mol. The van der Waals surface area contributed by atoms with Crippen molar-refractivity contribution in [1.82, 2.24) is 14.2 Å². The topological polar surface area (TPSA) is 70.6 Å². The van der Waals surface area contributed by atoms with Crippen molar-refractivity contribution in [3.63, 3.8) is 0 Å². The van der Waals surface area contributed by atoms with Crippen LogP contribution in [0.4, 0.5) is 4.39 Å². The lowest BCUT2D eigenvalue weighted by atomic mass is 9.77. The van der Waals surface area contributed by atoms with Gasteiger partial charge in [0.25, 0.3) is 0 Å². The molecule has 29 heavy (non-hydrogen) atoms. The van der Waals surface area contributed by atoms with Crippen LogP contribution in [-0.2, 0) is 20.2 Å². The first-order chi connectivity index (χ1) is 13.9. The molecule has 0 unspecified atom stereocenters. The molecule has 1 aromatic heterocycles. The Morgan fingerprint density at radius 3 is 2.24 bits per heavy atom. The van der Waals surface area contributed by atoms with E-state index in [0.29, 0.717) is 13.1 Å². The third-order valence-corrected chi connectivity index (χ3v) is 7.94. The van der Waals surface area contributed by atoms with Crippen molar-refractivity contribution in [3.05, 3.63) is 60.2 Å². The lowest BCUT2D eigenvalue weighted by molar-refractivity contribution is -0.138. The van der Waals surface area contributed by atoms with E-state index >= 15 is 0 Å². The van der Waals surface area contributed by atoms with Gasteiger partial charge < -0.3 is 4.90 Å². The Morgan fingerprint density at radius 2 is 1.66 bits per heavy atom. The molecule has 2 fully saturated rings. The molecule has 1 aromatic carbocycles. The van der Waals surface area contributed by atoms with Crippen molar-refractivity contribution in [2.75, 3.05) is 26.2 Å². The zero-order valence-corrected chi connectivity index (χ0v) is 16.9. The smallest absolute Gasteiger partial charge is 0.244 e. The number of rotatable bonds is 4. The molecule has 1 amide bonds. The Morgan fingerprint density at radius 1 is 1.00 bits per heavy atom. The Balaban J connectivity index is 1.50. The lowest BCUT2D eigenvalue weighted by Crippen LogP contribution is -2.55. The number of benzene rings is 1. The highest BCUT2D eigenvalue weighted by Gasteiger charge is 2.45. The first-order valence-electron chi connectivity index (χ1n) is 9.89. The molecule has 1 aliphatic heterocycles. The number of piperazine rings is 1. The summed E-state index contributed by atoms with van der Waals surface area (Å²) in [7, 11) is -3.61. The van der Waals surface area contributed by atoms with Crippen LogP contribution >= 0.6 is 0 Å². The van der Waals surface area contributed by atoms with Gasteiger partial charge in [-0.15, -0.1) is 0 Å². The number of aromatic nitrogens is 1. The Bertz CT molecular complexity index is 966. The molecular formula is C21H24FN3O3S. The van der Waals surface area contributed by atoms with Crippen molar-refractivity contribution in [3.8, 4) is 0 Å². The number of pyridine rings is 1. The zero-order valence-electron chi connectivity index (χ0n) is 16.1. The highest BCUT2D eigenvalue weighted by Crippen LogP contribution is 2.43.